The number of piperazine rings is 1. The number of hydrogen-bond acceptors (Lipinski definition) is 2. The van der Waals surface area contributed by atoms with Crippen LogP contribution in [0.15, 0.2) is 0 Å². The highest BCUT2D eigenvalue weighted by atomic mass is 15.3. The molecule has 0 aromatic rings. The van der Waals surface area contributed by atoms with Gasteiger partial charge in [0.1, 0.15) is 0 Å². The van der Waals surface area contributed by atoms with E-state index in [1.54, 1.807) is 0 Å². The lowest BCUT2D eigenvalue weighted by molar-refractivity contribution is -0.0492. The van der Waals surface area contributed by atoms with E-state index in [0.717, 1.165) is 30.0 Å². The molecule has 3 aliphatic rings. The van der Waals surface area contributed by atoms with Crippen molar-refractivity contribution in [2.24, 2.45) is 11.8 Å². The molecule has 2 aliphatic heterocycles. The lowest BCUT2D eigenvalue weighted by Gasteiger charge is -2.54. The summed E-state index contributed by atoms with van der Waals surface area (Å²) in [6, 6.07) is 2.54. The molecule has 0 aromatic heterocycles. The second-order valence-corrected chi connectivity index (χ2v) is 7.98. The van der Waals surface area contributed by atoms with Crippen LogP contribution in [-0.4, -0.2) is 47.6 Å². The van der Waals surface area contributed by atoms with Crippen molar-refractivity contribution in [2.75, 3.05) is 19.6 Å². The molecule has 3 rings (SSSR count). The van der Waals surface area contributed by atoms with Crippen LogP contribution in [0.2, 0.25) is 0 Å². The maximum absolute atomic E-state index is 2.96. The van der Waals surface area contributed by atoms with E-state index in [0.29, 0.717) is 0 Å². The van der Waals surface area contributed by atoms with Gasteiger partial charge in [0, 0.05) is 31.2 Å². The van der Waals surface area contributed by atoms with Crippen LogP contribution in [0.4, 0.5) is 0 Å². The largest absolute Gasteiger partial charge is 0.298 e. The lowest BCUT2D eigenvalue weighted by atomic mass is 9.81. The van der Waals surface area contributed by atoms with Gasteiger partial charge in [0.05, 0.1) is 0 Å². The lowest BCUT2D eigenvalue weighted by Crippen LogP contribution is -2.64. The summed E-state index contributed by atoms with van der Waals surface area (Å²) in [7, 11) is 0. The molecule has 20 heavy (non-hydrogen) atoms. The van der Waals surface area contributed by atoms with Gasteiger partial charge in [0.25, 0.3) is 0 Å². The Morgan fingerprint density at radius 1 is 0.900 bits per heavy atom. The molecule has 0 radical (unpaired) electrons. The van der Waals surface area contributed by atoms with Gasteiger partial charge < -0.3 is 0 Å². The molecule has 2 saturated heterocycles. The molecule has 4 unspecified atom stereocenters. The SMILES string of the molecule is CC(C)C1CN2CCCCC2CN1C1CCCCC1C. The third-order valence-corrected chi connectivity index (χ3v) is 6.28. The molecule has 1 aliphatic carbocycles. The van der Waals surface area contributed by atoms with Crippen molar-refractivity contribution < 1.29 is 0 Å². The monoisotopic (exact) mass is 278 g/mol. The van der Waals surface area contributed by atoms with E-state index in [-0.39, 0.29) is 0 Å². The first-order valence-corrected chi connectivity index (χ1v) is 9.16. The van der Waals surface area contributed by atoms with Crippen molar-refractivity contribution in [3.8, 4) is 0 Å². The third kappa shape index (κ3) is 2.92. The van der Waals surface area contributed by atoms with E-state index in [1.807, 2.05) is 0 Å². The summed E-state index contributed by atoms with van der Waals surface area (Å²) < 4.78 is 0. The summed E-state index contributed by atoms with van der Waals surface area (Å²) in [6.07, 6.45) is 10.2. The summed E-state index contributed by atoms with van der Waals surface area (Å²) in [5.74, 6) is 1.71. The van der Waals surface area contributed by atoms with Gasteiger partial charge in [-0.15, -0.1) is 0 Å². The van der Waals surface area contributed by atoms with E-state index < -0.39 is 0 Å². The van der Waals surface area contributed by atoms with Crippen molar-refractivity contribution in [1.29, 1.82) is 0 Å². The van der Waals surface area contributed by atoms with Gasteiger partial charge >= 0.3 is 0 Å². The fourth-order valence-corrected chi connectivity index (χ4v) is 5.00. The number of fused-ring (bicyclic) bond motifs is 1. The zero-order chi connectivity index (χ0) is 14.1. The topological polar surface area (TPSA) is 6.48 Å². The summed E-state index contributed by atoms with van der Waals surface area (Å²) in [5.41, 5.74) is 0. The van der Waals surface area contributed by atoms with Gasteiger partial charge in [-0.05, 0) is 44.1 Å². The zero-order valence-electron chi connectivity index (χ0n) is 13.9. The number of rotatable bonds is 2. The Balaban J connectivity index is 1.75. The van der Waals surface area contributed by atoms with Crippen LogP contribution >= 0.6 is 0 Å². The van der Waals surface area contributed by atoms with E-state index >= 15 is 0 Å². The van der Waals surface area contributed by atoms with E-state index in [4.69, 9.17) is 0 Å². The maximum atomic E-state index is 2.96. The molecule has 0 N–H and O–H groups in total. The maximum Gasteiger partial charge on any atom is 0.0249 e. The molecular formula is C18H34N2. The highest BCUT2D eigenvalue weighted by Crippen LogP contribution is 2.35. The second-order valence-electron chi connectivity index (χ2n) is 7.98. The molecule has 0 spiro atoms. The van der Waals surface area contributed by atoms with Crippen molar-refractivity contribution in [2.45, 2.75) is 83.8 Å². The molecule has 116 valence electrons. The minimum atomic E-state index is 0.798. The highest BCUT2D eigenvalue weighted by Gasteiger charge is 2.40. The minimum Gasteiger partial charge on any atom is -0.298 e. The van der Waals surface area contributed by atoms with Crippen molar-refractivity contribution in [3.05, 3.63) is 0 Å². The van der Waals surface area contributed by atoms with Crippen LogP contribution in [0.3, 0.4) is 0 Å². The Bertz CT molecular complexity index is 315. The normalized spacial score (nSPS) is 40.8. The number of nitrogens with zero attached hydrogens (tertiary/aromatic N) is 2. The van der Waals surface area contributed by atoms with Crippen LogP contribution < -0.4 is 0 Å². The average Bonchev–Trinajstić information content (AvgIpc) is 2.46. The highest BCUT2D eigenvalue weighted by molar-refractivity contribution is 4.96. The average molecular weight is 278 g/mol. The predicted molar refractivity (Wildman–Crippen MR) is 86.0 cm³/mol. The van der Waals surface area contributed by atoms with E-state index in [2.05, 4.69) is 30.6 Å². The Labute approximate surface area is 125 Å². The third-order valence-electron chi connectivity index (χ3n) is 6.28. The molecule has 1 saturated carbocycles. The van der Waals surface area contributed by atoms with Gasteiger partial charge in [0.15, 0.2) is 0 Å². The number of piperidine rings is 1. The van der Waals surface area contributed by atoms with Gasteiger partial charge in [-0.25, -0.2) is 0 Å². The predicted octanol–water partition coefficient (Wildman–Crippen LogP) is 3.76. The van der Waals surface area contributed by atoms with Gasteiger partial charge in [-0.2, -0.15) is 0 Å². The molecule has 4 atom stereocenters. The van der Waals surface area contributed by atoms with Crippen LogP contribution in [0.1, 0.15) is 65.7 Å². The first kappa shape index (κ1) is 14.8. The van der Waals surface area contributed by atoms with Crippen molar-refractivity contribution >= 4 is 0 Å². The fourth-order valence-electron chi connectivity index (χ4n) is 5.00. The summed E-state index contributed by atoms with van der Waals surface area (Å²) in [5, 5.41) is 0. The second kappa shape index (κ2) is 6.36. The van der Waals surface area contributed by atoms with Gasteiger partial charge in [-0.1, -0.05) is 40.0 Å². The first-order valence-electron chi connectivity index (χ1n) is 9.16. The minimum absolute atomic E-state index is 0.798. The Hall–Kier alpha value is -0.0800. The summed E-state index contributed by atoms with van der Waals surface area (Å²) in [6.45, 7) is 11.4. The Morgan fingerprint density at radius 3 is 2.40 bits per heavy atom. The molecule has 2 nitrogen and oxygen atoms in total. The Kier molecular flexibility index (Phi) is 4.72. The van der Waals surface area contributed by atoms with Crippen molar-refractivity contribution in [3.63, 3.8) is 0 Å². The molecule has 3 fully saturated rings. The first-order chi connectivity index (χ1) is 9.66. The van der Waals surface area contributed by atoms with E-state index in [1.165, 1.54) is 64.6 Å². The molecule has 0 amide bonds. The molecular weight excluding hydrogens is 244 g/mol. The van der Waals surface area contributed by atoms with Crippen LogP contribution in [0, 0.1) is 11.8 Å². The smallest absolute Gasteiger partial charge is 0.0249 e. The van der Waals surface area contributed by atoms with Crippen molar-refractivity contribution in [1.82, 2.24) is 9.80 Å². The number of hydrogen-bond donors (Lipinski definition) is 0. The quantitative estimate of drug-likeness (QED) is 0.759. The summed E-state index contributed by atoms with van der Waals surface area (Å²) in [4.78, 5) is 5.78. The van der Waals surface area contributed by atoms with Gasteiger partial charge in [-0.3, -0.25) is 9.80 Å². The molecule has 2 heterocycles. The van der Waals surface area contributed by atoms with Crippen LogP contribution in [0.25, 0.3) is 0 Å². The standard InChI is InChI=1S/C18H34N2/c1-14(2)18-13-19-11-7-6-9-16(19)12-20(18)17-10-5-4-8-15(17)3/h14-18H,4-13H2,1-3H3. The fraction of sp³-hybridized carbons (Fsp3) is 1.00. The molecule has 0 aromatic carbocycles. The molecule has 2 heteroatoms. The summed E-state index contributed by atoms with van der Waals surface area (Å²) >= 11 is 0. The van der Waals surface area contributed by atoms with Gasteiger partial charge in [0.2, 0.25) is 0 Å². The molecule has 0 bridgehead atoms. The van der Waals surface area contributed by atoms with Crippen LogP contribution in [-0.2, 0) is 0 Å². The van der Waals surface area contributed by atoms with Crippen LogP contribution in [0.5, 0.6) is 0 Å². The Morgan fingerprint density at radius 2 is 1.65 bits per heavy atom. The zero-order valence-corrected chi connectivity index (χ0v) is 13.9. The van der Waals surface area contributed by atoms with E-state index in [9.17, 15) is 0 Å².